The van der Waals surface area contributed by atoms with Crippen LogP contribution in [0.4, 0.5) is 0 Å². The summed E-state index contributed by atoms with van der Waals surface area (Å²) in [5.41, 5.74) is 0. The molecular formula is C11H21N3O. The lowest BCUT2D eigenvalue weighted by Gasteiger charge is -2.31. The third kappa shape index (κ3) is 3.00. The molecule has 0 saturated carbocycles. The van der Waals surface area contributed by atoms with Gasteiger partial charge in [-0.25, -0.2) is 0 Å². The van der Waals surface area contributed by atoms with Crippen molar-refractivity contribution in [3.63, 3.8) is 0 Å². The molecule has 2 saturated heterocycles. The lowest BCUT2D eigenvalue weighted by Crippen LogP contribution is -2.54. The minimum Gasteiger partial charge on any atom is -0.315 e. The van der Waals surface area contributed by atoms with Gasteiger partial charge in [-0.05, 0) is 32.2 Å². The third-order valence-electron chi connectivity index (χ3n) is 3.37. The third-order valence-corrected chi connectivity index (χ3v) is 3.37. The minimum atomic E-state index is -0.0580. The first-order chi connectivity index (χ1) is 7.40. The molecule has 0 spiro atoms. The maximum Gasteiger partial charge on any atom is 0.151 e. The number of hydrogen-bond donors (Lipinski definition) is 2. The Hall–Kier alpha value is -0.450. The molecule has 15 heavy (non-hydrogen) atoms. The summed E-state index contributed by atoms with van der Waals surface area (Å²) in [6, 6.07) is 0.467. The van der Waals surface area contributed by atoms with Crippen molar-refractivity contribution in [2.45, 2.75) is 37.9 Å². The Balaban J connectivity index is 1.80. The highest BCUT2D eigenvalue weighted by atomic mass is 16.1. The molecule has 0 aromatic rings. The number of piperidine rings is 1. The number of carbonyl (C=O) groups excluding carboxylic acids is 1. The molecule has 2 heterocycles. The summed E-state index contributed by atoms with van der Waals surface area (Å²) in [5.74, 6) is 0. The number of nitrogens with one attached hydrogen (secondary N) is 2. The van der Waals surface area contributed by atoms with Gasteiger partial charge in [-0.3, -0.25) is 10.2 Å². The fourth-order valence-corrected chi connectivity index (χ4v) is 2.49. The maximum absolute atomic E-state index is 11.0. The second-order valence-corrected chi connectivity index (χ2v) is 4.53. The molecule has 0 bridgehead atoms. The average molecular weight is 211 g/mol. The monoisotopic (exact) mass is 211 g/mol. The summed E-state index contributed by atoms with van der Waals surface area (Å²) < 4.78 is 0. The zero-order valence-electron chi connectivity index (χ0n) is 9.24. The van der Waals surface area contributed by atoms with Crippen LogP contribution in [0.2, 0.25) is 0 Å². The van der Waals surface area contributed by atoms with E-state index in [0.29, 0.717) is 6.04 Å². The molecule has 4 heteroatoms. The zero-order valence-corrected chi connectivity index (χ0v) is 9.24. The first kappa shape index (κ1) is 11.0. The number of aldehydes is 1. The predicted octanol–water partition coefficient (Wildman–Crippen LogP) is -0.0512. The van der Waals surface area contributed by atoms with Gasteiger partial charge >= 0.3 is 0 Å². The SMILES string of the molecule is O=CC(NC1CCCNC1)N1CCCC1. The van der Waals surface area contributed by atoms with Crippen LogP contribution >= 0.6 is 0 Å². The van der Waals surface area contributed by atoms with E-state index in [1.807, 2.05) is 0 Å². The summed E-state index contributed by atoms with van der Waals surface area (Å²) in [6.07, 6.45) is 5.86. The van der Waals surface area contributed by atoms with Crippen molar-refractivity contribution in [2.75, 3.05) is 26.2 Å². The van der Waals surface area contributed by atoms with Crippen molar-refractivity contribution < 1.29 is 4.79 Å². The van der Waals surface area contributed by atoms with E-state index in [2.05, 4.69) is 15.5 Å². The predicted molar refractivity (Wildman–Crippen MR) is 59.7 cm³/mol. The molecule has 86 valence electrons. The van der Waals surface area contributed by atoms with E-state index in [0.717, 1.165) is 32.5 Å². The van der Waals surface area contributed by atoms with Crippen LogP contribution in [0.5, 0.6) is 0 Å². The first-order valence-corrected chi connectivity index (χ1v) is 6.06. The molecule has 0 amide bonds. The molecule has 0 aliphatic carbocycles. The molecule has 0 aromatic heterocycles. The van der Waals surface area contributed by atoms with Crippen LogP contribution < -0.4 is 10.6 Å². The quantitative estimate of drug-likeness (QED) is 0.640. The Morgan fingerprint density at radius 1 is 1.33 bits per heavy atom. The van der Waals surface area contributed by atoms with Crippen LogP contribution in [0.1, 0.15) is 25.7 Å². The fraction of sp³-hybridized carbons (Fsp3) is 0.909. The van der Waals surface area contributed by atoms with E-state index < -0.39 is 0 Å². The van der Waals surface area contributed by atoms with Gasteiger partial charge in [0, 0.05) is 25.7 Å². The van der Waals surface area contributed by atoms with Gasteiger partial charge in [-0.1, -0.05) is 0 Å². The van der Waals surface area contributed by atoms with E-state index >= 15 is 0 Å². The van der Waals surface area contributed by atoms with Gasteiger partial charge in [0.1, 0.15) is 6.17 Å². The van der Waals surface area contributed by atoms with E-state index in [9.17, 15) is 4.79 Å². The fourth-order valence-electron chi connectivity index (χ4n) is 2.49. The number of carbonyl (C=O) groups is 1. The summed E-state index contributed by atoms with van der Waals surface area (Å²) in [6.45, 7) is 4.25. The Kier molecular flexibility index (Phi) is 4.11. The summed E-state index contributed by atoms with van der Waals surface area (Å²) in [7, 11) is 0. The van der Waals surface area contributed by atoms with Crippen LogP contribution in [-0.4, -0.2) is 49.6 Å². The van der Waals surface area contributed by atoms with Crippen LogP contribution in [0.25, 0.3) is 0 Å². The van der Waals surface area contributed by atoms with Crippen molar-refractivity contribution in [1.29, 1.82) is 0 Å². The largest absolute Gasteiger partial charge is 0.315 e. The van der Waals surface area contributed by atoms with Crippen LogP contribution in [0.15, 0.2) is 0 Å². The Morgan fingerprint density at radius 3 is 2.73 bits per heavy atom. The van der Waals surface area contributed by atoms with E-state index in [1.165, 1.54) is 25.7 Å². The molecule has 0 radical (unpaired) electrons. The van der Waals surface area contributed by atoms with Gasteiger partial charge < -0.3 is 10.1 Å². The molecule has 0 aromatic carbocycles. The van der Waals surface area contributed by atoms with Crippen molar-refractivity contribution in [3.05, 3.63) is 0 Å². The molecule has 2 fully saturated rings. The average Bonchev–Trinajstić information content (AvgIpc) is 2.81. The molecule has 2 atom stereocenters. The summed E-state index contributed by atoms with van der Waals surface area (Å²) in [4.78, 5) is 13.3. The number of likely N-dealkylation sites (tertiary alicyclic amines) is 1. The normalized spacial score (nSPS) is 30.3. The Morgan fingerprint density at radius 2 is 2.13 bits per heavy atom. The summed E-state index contributed by atoms with van der Waals surface area (Å²) >= 11 is 0. The molecule has 2 N–H and O–H groups in total. The zero-order chi connectivity index (χ0) is 10.5. The highest BCUT2D eigenvalue weighted by Crippen LogP contribution is 2.11. The van der Waals surface area contributed by atoms with Crippen molar-refractivity contribution in [2.24, 2.45) is 0 Å². The molecule has 2 unspecified atom stereocenters. The molecular weight excluding hydrogens is 190 g/mol. The van der Waals surface area contributed by atoms with Gasteiger partial charge in [0.25, 0.3) is 0 Å². The number of nitrogens with zero attached hydrogens (tertiary/aromatic N) is 1. The van der Waals surface area contributed by atoms with E-state index in [4.69, 9.17) is 0 Å². The maximum atomic E-state index is 11.0. The molecule has 2 aliphatic heterocycles. The van der Waals surface area contributed by atoms with Gasteiger partial charge in [-0.15, -0.1) is 0 Å². The number of hydrogen-bond acceptors (Lipinski definition) is 4. The lowest BCUT2D eigenvalue weighted by atomic mass is 10.1. The smallest absolute Gasteiger partial charge is 0.151 e. The summed E-state index contributed by atoms with van der Waals surface area (Å²) in [5, 5.41) is 6.80. The van der Waals surface area contributed by atoms with Crippen LogP contribution in [0, 0.1) is 0 Å². The van der Waals surface area contributed by atoms with Crippen molar-refractivity contribution in [3.8, 4) is 0 Å². The van der Waals surface area contributed by atoms with E-state index in [1.54, 1.807) is 0 Å². The Bertz CT molecular complexity index is 198. The van der Waals surface area contributed by atoms with Crippen molar-refractivity contribution in [1.82, 2.24) is 15.5 Å². The van der Waals surface area contributed by atoms with Gasteiger partial charge in [0.15, 0.2) is 6.29 Å². The van der Waals surface area contributed by atoms with E-state index in [-0.39, 0.29) is 6.17 Å². The topological polar surface area (TPSA) is 44.4 Å². The highest BCUT2D eigenvalue weighted by Gasteiger charge is 2.24. The van der Waals surface area contributed by atoms with Crippen LogP contribution in [-0.2, 0) is 4.79 Å². The molecule has 2 rings (SSSR count). The first-order valence-electron chi connectivity index (χ1n) is 6.06. The molecule has 4 nitrogen and oxygen atoms in total. The second-order valence-electron chi connectivity index (χ2n) is 4.53. The van der Waals surface area contributed by atoms with Gasteiger partial charge in [0.05, 0.1) is 0 Å². The number of rotatable bonds is 4. The standard InChI is InChI=1S/C11H21N3O/c15-9-11(14-6-1-2-7-14)13-10-4-3-5-12-8-10/h9-13H,1-8H2. The lowest BCUT2D eigenvalue weighted by molar-refractivity contribution is -0.113. The second kappa shape index (κ2) is 5.58. The highest BCUT2D eigenvalue weighted by molar-refractivity contribution is 5.57. The van der Waals surface area contributed by atoms with Crippen LogP contribution in [0.3, 0.4) is 0 Å². The molecule has 2 aliphatic rings. The van der Waals surface area contributed by atoms with Gasteiger partial charge in [-0.2, -0.15) is 0 Å². The minimum absolute atomic E-state index is 0.0580. The van der Waals surface area contributed by atoms with Gasteiger partial charge in [0.2, 0.25) is 0 Å². The Labute approximate surface area is 91.4 Å². The van der Waals surface area contributed by atoms with Crippen molar-refractivity contribution >= 4 is 6.29 Å².